The van der Waals surface area contributed by atoms with Crippen LogP contribution in [0.1, 0.15) is 375 Å². The predicted molar refractivity (Wildman–Crippen MR) is 368 cm³/mol. The van der Waals surface area contributed by atoms with Crippen LogP contribution in [0, 0.1) is 5.92 Å². The molecule has 2 unspecified atom stereocenters. The fraction of sp³-hybridized carbons (Fsp3) is 0.944. The Morgan fingerprint density at radius 1 is 0.297 bits per heavy atom. The van der Waals surface area contributed by atoms with E-state index in [2.05, 4.69) is 34.6 Å². The molecular formula is C72H140O17P2. The first-order valence-corrected chi connectivity index (χ1v) is 40.6. The molecule has 0 aliphatic carbocycles. The lowest BCUT2D eigenvalue weighted by atomic mass is 10.0. The minimum absolute atomic E-state index is 0.105. The molecule has 3 N–H and O–H groups in total. The summed E-state index contributed by atoms with van der Waals surface area (Å²) in [6, 6.07) is 0. The quantitative estimate of drug-likeness (QED) is 0.0222. The normalized spacial score (nSPS) is 14.0. The number of phosphoric acid groups is 2. The average Bonchev–Trinajstić information content (AvgIpc) is 3.24. The smallest absolute Gasteiger partial charge is 0.462 e. The molecule has 0 radical (unpaired) electrons. The number of rotatable bonds is 72. The van der Waals surface area contributed by atoms with Gasteiger partial charge in [-0.3, -0.25) is 37.3 Å². The van der Waals surface area contributed by atoms with Gasteiger partial charge in [-0.1, -0.05) is 324 Å². The molecule has 0 aromatic carbocycles. The first-order chi connectivity index (χ1) is 44.0. The van der Waals surface area contributed by atoms with E-state index >= 15 is 0 Å². The molecular weight excluding hydrogens is 1200 g/mol. The lowest BCUT2D eigenvalue weighted by molar-refractivity contribution is -0.161. The van der Waals surface area contributed by atoms with E-state index in [0.29, 0.717) is 25.7 Å². The van der Waals surface area contributed by atoms with Crippen LogP contribution >= 0.6 is 15.6 Å². The van der Waals surface area contributed by atoms with Crippen molar-refractivity contribution >= 4 is 39.5 Å². The third kappa shape index (κ3) is 66.5. The molecule has 0 aromatic rings. The molecule has 0 aliphatic heterocycles. The van der Waals surface area contributed by atoms with E-state index < -0.39 is 97.5 Å². The summed E-state index contributed by atoms with van der Waals surface area (Å²) in [6.07, 6.45) is 52.6. The number of aliphatic hydroxyl groups excluding tert-OH is 1. The Morgan fingerprint density at radius 3 is 0.747 bits per heavy atom. The summed E-state index contributed by atoms with van der Waals surface area (Å²) in [4.78, 5) is 72.6. The number of aliphatic hydroxyl groups is 1. The van der Waals surface area contributed by atoms with E-state index in [1.165, 1.54) is 199 Å². The zero-order chi connectivity index (χ0) is 67.0. The number of carbonyl (C=O) groups is 4. The molecule has 91 heavy (non-hydrogen) atoms. The van der Waals surface area contributed by atoms with Gasteiger partial charge in [-0.05, 0) is 31.6 Å². The molecule has 19 heteroatoms. The summed E-state index contributed by atoms with van der Waals surface area (Å²) in [6.45, 7) is 7.22. The summed E-state index contributed by atoms with van der Waals surface area (Å²) in [7, 11) is -9.90. The van der Waals surface area contributed by atoms with E-state index in [9.17, 15) is 43.2 Å². The second-order valence-electron chi connectivity index (χ2n) is 26.5. The van der Waals surface area contributed by atoms with Gasteiger partial charge in [0, 0.05) is 25.7 Å². The highest BCUT2D eigenvalue weighted by Gasteiger charge is 2.30. The van der Waals surface area contributed by atoms with Gasteiger partial charge in [0.1, 0.15) is 19.3 Å². The Hall–Kier alpha value is -1.94. The number of esters is 4. The fourth-order valence-corrected chi connectivity index (χ4v) is 12.6. The van der Waals surface area contributed by atoms with E-state index in [1.54, 1.807) is 0 Å². The Labute approximate surface area is 556 Å². The molecule has 0 saturated carbocycles. The number of phosphoric ester groups is 2. The van der Waals surface area contributed by atoms with Crippen LogP contribution in [0.2, 0.25) is 0 Å². The van der Waals surface area contributed by atoms with Gasteiger partial charge in [0.25, 0.3) is 0 Å². The van der Waals surface area contributed by atoms with E-state index in [4.69, 9.17) is 37.0 Å². The highest BCUT2D eigenvalue weighted by atomic mass is 31.2. The number of hydrogen-bond donors (Lipinski definition) is 3. The number of ether oxygens (including phenoxy) is 4. The molecule has 0 heterocycles. The van der Waals surface area contributed by atoms with Crippen LogP contribution in [0.25, 0.3) is 0 Å². The van der Waals surface area contributed by atoms with E-state index in [0.717, 1.165) is 95.8 Å². The van der Waals surface area contributed by atoms with Gasteiger partial charge >= 0.3 is 39.5 Å². The van der Waals surface area contributed by atoms with E-state index in [-0.39, 0.29) is 25.7 Å². The largest absolute Gasteiger partial charge is 0.472 e. The molecule has 0 bridgehead atoms. The number of carbonyl (C=O) groups excluding carboxylic acids is 4. The second kappa shape index (κ2) is 65.4. The molecule has 0 spiro atoms. The first kappa shape index (κ1) is 89.1. The van der Waals surface area contributed by atoms with Crippen LogP contribution in [-0.2, 0) is 65.4 Å². The van der Waals surface area contributed by atoms with Crippen molar-refractivity contribution in [2.24, 2.45) is 5.92 Å². The minimum atomic E-state index is -4.95. The van der Waals surface area contributed by atoms with Crippen LogP contribution in [-0.4, -0.2) is 96.7 Å². The SMILES string of the molecule is CCCCCCCCCCCCCCCCCCC(=O)O[C@H](COC(=O)CCCCCCCCCCCCCCCC)COP(=O)(O)OC[C@@H](O)COP(=O)(O)OC[C@@H](COC(=O)CCCCCCCCCCCC)OC(=O)CCCCCCCCCCC(C)C. The Bertz CT molecular complexity index is 1750. The van der Waals surface area contributed by atoms with Gasteiger partial charge in [0.2, 0.25) is 0 Å². The third-order valence-corrected chi connectivity index (χ3v) is 18.7. The monoisotopic (exact) mass is 1340 g/mol. The van der Waals surface area contributed by atoms with Crippen LogP contribution in [0.15, 0.2) is 0 Å². The highest BCUT2D eigenvalue weighted by molar-refractivity contribution is 7.47. The topological polar surface area (TPSA) is 237 Å². The first-order valence-electron chi connectivity index (χ1n) is 37.6. The molecule has 0 rings (SSSR count). The van der Waals surface area contributed by atoms with Gasteiger partial charge in [0.05, 0.1) is 26.4 Å². The molecule has 0 amide bonds. The van der Waals surface area contributed by atoms with Crippen LogP contribution < -0.4 is 0 Å². The average molecular weight is 1340 g/mol. The highest BCUT2D eigenvalue weighted by Crippen LogP contribution is 2.45. The lowest BCUT2D eigenvalue weighted by Crippen LogP contribution is -2.30. The number of hydrogen-bond acceptors (Lipinski definition) is 15. The van der Waals surface area contributed by atoms with Crippen molar-refractivity contribution in [1.29, 1.82) is 0 Å². The van der Waals surface area contributed by atoms with Gasteiger partial charge in [-0.2, -0.15) is 0 Å². The van der Waals surface area contributed by atoms with Gasteiger partial charge in [-0.25, -0.2) is 9.13 Å². The van der Waals surface area contributed by atoms with Crippen LogP contribution in [0.3, 0.4) is 0 Å². The summed E-state index contributed by atoms with van der Waals surface area (Å²) >= 11 is 0. The van der Waals surface area contributed by atoms with Crippen molar-refractivity contribution in [3.05, 3.63) is 0 Å². The Kier molecular flexibility index (Phi) is 64.0. The molecule has 0 aliphatic rings. The summed E-state index contributed by atoms with van der Waals surface area (Å²) in [5.74, 6) is -1.40. The molecule has 540 valence electrons. The van der Waals surface area contributed by atoms with E-state index in [1.807, 2.05) is 0 Å². The summed E-state index contributed by atoms with van der Waals surface area (Å²) in [5, 5.41) is 10.6. The van der Waals surface area contributed by atoms with Gasteiger partial charge in [-0.15, -0.1) is 0 Å². The molecule has 0 fully saturated rings. The number of unbranched alkanes of at least 4 members (excludes halogenated alkanes) is 44. The minimum Gasteiger partial charge on any atom is -0.462 e. The Morgan fingerprint density at radius 2 is 0.505 bits per heavy atom. The maximum Gasteiger partial charge on any atom is 0.472 e. The predicted octanol–water partition coefficient (Wildman–Crippen LogP) is 20.9. The summed E-state index contributed by atoms with van der Waals surface area (Å²) < 4.78 is 68.4. The molecule has 0 aromatic heterocycles. The molecule has 17 nitrogen and oxygen atoms in total. The van der Waals surface area contributed by atoms with Crippen molar-refractivity contribution in [2.75, 3.05) is 39.6 Å². The second-order valence-corrected chi connectivity index (χ2v) is 29.4. The van der Waals surface area contributed by atoms with Gasteiger partial charge < -0.3 is 33.8 Å². The van der Waals surface area contributed by atoms with Crippen molar-refractivity contribution in [1.82, 2.24) is 0 Å². The molecule has 5 atom stereocenters. The maximum absolute atomic E-state index is 13.0. The van der Waals surface area contributed by atoms with Crippen molar-refractivity contribution in [2.45, 2.75) is 393 Å². The third-order valence-electron chi connectivity index (χ3n) is 16.8. The van der Waals surface area contributed by atoms with Crippen LogP contribution in [0.5, 0.6) is 0 Å². The fourth-order valence-electron chi connectivity index (χ4n) is 11.0. The maximum atomic E-state index is 13.0. The van der Waals surface area contributed by atoms with Crippen LogP contribution in [0.4, 0.5) is 0 Å². The Balaban J connectivity index is 5.24. The van der Waals surface area contributed by atoms with Crippen molar-refractivity contribution in [3.8, 4) is 0 Å². The standard InChI is InChI=1S/C72H140O17P2/c1-6-9-12-15-18-21-24-26-28-29-31-33-36-42-47-52-57-71(76)88-67(61-83-70(75)56-51-46-41-35-32-30-27-25-22-19-16-13-10-7-2)63-86-90(78,79)84-59-66(73)60-85-91(80,81)87-64-68(62-82-69(74)55-50-45-40-34-23-20-17-14-11-8-3)89-72(77)58-53-48-43-38-37-39-44-49-54-65(4)5/h65-68,73H,6-64H2,1-5H3,(H,78,79)(H,80,81)/t66-,67-,68-/m1/s1. The van der Waals surface area contributed by atoms with Crippen molar-refractivity contribution in [3.63, 3.8) is 0 Å². The molecule has 0 saturated heterocycles. The zero-order valence-corrected chi connectivity index (χ0v) is 60.8. The zero-order valence-electron chi connectivity index (χ0n) is 59.0. The lowest BCUT2D eigenvalue weighted by Gasteiger charge is -2.21. The van der Waals surface area contributed by atoms with Crippen molar-refractivity contribution < 1.29 is 80.2 Å². The summed E-state index contributed by atoms with van der Waals surface area (Å²) in [5.41, 5.74) is 0. The van der Waals surface area contributed by atoms with Gasteiger partial charge in [0.15, 0.2) is 12.2 Å².